The van der Waals surface area contributed by atoms with Gasteiger partial charge >= 0.3 is 0 Å². The van der Waals surface area contributed by atoms with Gasteiger partial charge in [0.1, 0.15) is 5.75 Å². The van der Waals surface area contributed by atoms with Crippen LogP contribution >= 0.6 is 0 Å². The van der Waals surface area contributed by atoms with Crippen LogP contribution in [0.1, 0.15) is 21.5 Å². The minimum atomic E-state index is 0.00946. The fourth-order valence-corrected chi connectivity index (χ4v) is 1.52. The summed E-state index contributed by atoms with van der Waals surface area (Å²) in [5.74, 6) is 0.00946. The van der Waals surface area contributed by atoms with Gasteiger partial charge in [0.05, 0.1) is 5.56 Å². The lowest BCUT2D eigenvalue weighted by Crippen LogP contribution is -1.81. The number of carbonyl (C=O) groups excluding carboxylic acids is 1. The van der Waals surface area contributed by atoms with E-state index in [-0.39, 0.29) is 5.75 Å². The van der Waals surface area contributed by atoms with Crippen LogP contribution in [-0.2, 0) is 0 Å². The topological polar surface area (TPSA) is 37.3 Å². The molecule has 0 bridgehead atoms. The molecule has 0 aromatic heterocycles. The molecule has 0 aliphatic carbocycles. The van der Waals surface area contributed by atoms with E-state index >= 15 is 0 Å². The number of aromatic hydroxyl groups is 1. The maximum atomic E-state index is 10.5. The van der Waals surface area contributed by atoms with Gasteiger partial charge in [-0.15, -0.1) is 0 Å². The van der Waals surface area contributed by atoms with Gasteiger partial charge in [-0.2, -0.15) is 0 Å². The molecule has 17 heavy (non-hydrogen) atoms. The zero-order valence-corrected chi connectivity index (χ0v) is 9.21. The van der Waals surface area contributed by atoms with Crippen LogP contribution in [0.5, 0.6) is 5.75 Å². The van der Waals surface area contributed by atoms with Gasteiger partial charge in [-0.1, -0.05) is 48.6 Å². The SMILES string of the molecule is O=Cc1ccc(C=Cc2ccccc2)cc1O. The molecule has 1 N–H and O–H groups in total. The average molecular weight is 224 g/mol. The number of benzene rings is 2. The van der Waals surface area contributed by atoms with E-state index < -0.39 is 0 Å². The molecule has 0 saturated carbocycles. The second kappa shape index (κ2) is 5.12. The van der Waals surface area contributed by atoms with Crippen molar-refractivity contribution in [1.29, 1.82) is 0 Å². The summed E-state index contributed by atoms with van der Waals surface area (Å²) < 4.78 is 0. The molecular weight excluding hydrogens is 212 g/mol. The third kappa shape index (κ3) is 2.82. The van der Waals surface area contributed by atoms with Gasteiger partial charge < -0.3 is 5.11 Å². The van der Waals surface area contributed by atoms with Crippen molar-refractivity contribution in [2.24, 2.45) is 0 Å². The molecule has 0 unspecified atom stereocenters. The van der Waals surface area contributed by atoms with Gasteiger partial charge in [-0.05, 0) is 23.3 Å². The van der Waals surface area contributed by atoms with Crippen molar-refractivity contribution < 1.29 is 9.90 Å². The van der Waals surface area contributed by atoms with E-state index in [1.165, 1.54) is 0 Å². The third-order valence-electron chi connectivity index (χ3n) is 2.45. The smallest absolute Gasteiger partial charge is 0.153 e. The second-order valence-electron chi connectivity index (χ2n) is 3.68. The van der Waals surface area contributed by atoms with E-state index in [0.717, 1.165) is 11.1 Å². The van der Waals surface area contributed by atoms with Crippen LogP contribution in [0.15, 0.2) is 48.5 Å². The van der Waals surface area contributed by atoms with Crippen LogP contribution in [0, 0.1) is 0 Å². The Labute approximate surface area is 99.8 Å². The van der Waals surface area contributed by atoms with Gasteiger partial charge in [0.2, 0.25) is 0 Å². The molecule has 0 amide bonds. The van der Waals surface area contributed by atoms with Crippen LogP contribution in [0.25, 0.3) is 12.2 Å². The predicted molar refractivity (Wildman–Crippen MR) is 68.9 cm³/mol. The van der Waals surface area contributed by atoms with Crippen LogP contribution in [0.3, 0.4) is 0 Å². The summed E-state index contributed by atoms with van der Waals surface area (Å²) in [5, 5.41) is 9.52. The Bertz CT molecular complexity index is 542. The quantitative estimate of drug-likeness (QED) is 0.641. The van der Waals surface area contributed by atoms with Gasteiger partial charge in [0.15, 0.2) is 6.29 Å². The molecule has 0 spiro atoms. The van der Waals surface area contributed by atoms with Gasteiger partial charge in [-0.3, -0.25) is 4.79 Å². The molecule has 84 valence electrons. The number of hydrogen-bond acceptors (Lipinski definition) is 2. The van der Waals surface area contributed by atoms with Crippen molar-refractivity contribution in [3.05, 3.63) is 65.2 Å². The van der Waals surface area contributed by atoms with Gasteiger partial charge in [-0.25, -0.2) is 0 Å². The summed E-state index contributed by atoms with van der Waals surface area (Å²) in [6.45, 7) is 0. The van der Waals surface area contributed by atoms with E-state index in [2.05, 4.69) is 0 Å². The molecule has 0 heterocycles. The summed E-state index contributed by atoms with van der Waals surface area (Å²) in [7, 11) is 0. The number of rotatable bonds is 3. The van der Waals surface area contributed by atoms with Crippen LogP contribution in [-0.4, -0.2) is 11.4 Å². The Morgan fingerprint density at radius 2 is 1.59 bits per heavy atom. The summed E-state index contributed by atoms with van der Waals surface area (Å²) in [6.07, 6.45) is 4.49. The number of hydrogen-bond donors (Lipinski definition) is 1. The minimum Gasteiger partial charge on any atom is -0.507 e. The fourth-order valence-electron chi connectivity index (χ4n) is 1.52. The van der Waals surface area contributed by atoms with Crippen LogP contribution in [0.4, 0.5) is 0 Å². The summed E-state index contributed by atoms with van der Waals surface area (Å²) >= 11 is 0. The van der Waals surface area contributed by atoms with Crippen molar-refractivity contribution in [2.45, 2.75) is 0 Å². The van der Waals surface area contributed by atoms with Crippen molar-refractivity contribution in [2.75, 3.05) is 0 Å². The van der Waals surface area contributed by atoms with E-state index in [1.807, 2.05) is 42.5 Å². The Kier molecular flexibility index (Phi) is 3.36. The fraction of sp³-hybridized carbons (Fsp3) is 0. The van der Waals surface area contributed by atoms with Crippen LogP contribution < -0.4 is 0 Å². The molecule has 2 heteroatoms. The molecule has 0 radical (unpaired) electrons. The number of carbonyl (C=O) groups is 1. The first-order chi connectivity index (χ1) is 8.29. The van der Waals surface area contributed by atoms with E-state index in [1.54, 1.807) is 18.2 Å². The first-order valence-electron chi connectivity index (χ1n) is 5.31. The molecule has 0 aliphatic heterocycles. The molecule has 0 saturated heterocycles. The maximum Gasteiger partial charge on any atom is 0.153 e. The van der Waals surface area contributed by atoms with Gasteiger partial charge in [0, 0.05) is 0 Å². The molecule has 0 atom stereocenters. The minimum absolute atomic E-state index is 0.00946. The molecule has 0 aliphatic rings. The molecule has 0 fully saturated rings. The number of phenols is 1. The zero-order chi connectivity index (χ0) is 12.1. The zero-order valence-electron chi connectivity index (χ0n) is 9.21. The van der Waals surface area contributed by atoms with Crippen molar-refractivity contribution in [1.82, 2.24) is 0 Å². The highest BCUT2D eigenvalue weighted by molar-refractivity contribution is 5.81. The monoisotopic (exact) mass is 224 g/mol. The molecule has 2 nitrogen and oxygen atoms in total. The number of phenolic OH excluding ortho intramolecular Hbond substituents is 1. The summed E-state index contributed by atoms with van der Waals surface area (Å²) in [5.41, 5.74) is 2.25. The number of aldehydes is 1. The highest BCUT2D eigenvalue weighted by Crippen LogP contribution is 2.18. The lowest BCUT2D eigenvalue weighted by Gasteiger charge is -1.98. The van der Waals surface area contributed by atoms with E-state index in [9.17, 15) is 9.90 Å². The van der Waals surface area contributed by atoms with E-state index in [4.69, 9.17) is 0 Å². The third-order valence-corrected chi connectivity index (χ3v) is 2.45. The second-order valence-corrected chi connectivity index (χ2v) is 3.68. The van der Waals surface area contributed by atoms with Gasteiger partial charge in [0.25, 0.3) is 0 Å². The summed E-state index contributed by atoms with van der Waals surface area (Å²) in [4.78, 5) is 10.5. The normalized spacial score (nSPS) is 10.6. The molecular formula is C15H12O2. The van der Waals surface area contributed by atoms with Crippen molar-refractivity contribution in [3.8, 4) is 5.75 Å². The Balaban J connectivity index is 2.22. The molecule has 2 aromatic carbocycles. The highest BCUT2D eigenvalue weighted by Gasteiger charge is 1.98. The first-order valence-corrected chi connectivity index (χ1v) is 5.31. The Morgan fingerprint density at radius 1 is 0.882 bits per heavy atom. The van der Waals surface area contributed by atoms with Crippen molar-refractivity contribution in [3.63, 3.8) is 0 Å². The van der Waals surface area contributed by atoms with E-state index in [0.29, 0.717) is 11.8 Å². The Morgan fingerprint density at radius 3 is 2.24 bits per heavy atom. The lowest BCUT2D eigenvalue weighted by atomic mass is 10.1. The first kappa shape index (κ1) is 11.1. The summed E-state index contributed by atoms with van der Waals surface area (Å²) in [6, 6.07) is 14.9. The average Bonchev–Trinajstić information content (AvgIpc) is 2.38. The van der Waals surface area contributed by atoms with Crippen LogP contribution in [0.2, 0.25) is 0 Å². The maximum absolute atomic E-state index is 10.5. The lowest BCUT2D eigenvalue weighted by molar-refractivity contribution is 0.112. The Hall–Kier alpha value is -2.35. The highest BCUT2D eigenvalue weighted by atomic mass is 16.3. The van der Waals surface area contributed by atoms with Crippen molar-refractivity contribution >= 4 is 18.4 Å². The standard InChI is InChI=1S/C15H12O2/c16-11-14-9-8-13(10-15(14)17)7-6-12-4-2-1-3-5-12/h1-11,17H. The predicted octanol–water partition coefficient (Wildman–Crippen LogP) is 3.38. The largest absolute Gasteiger partial charge is 0.507 e. The molecule has 2 rings (SSSR count). The molecule has 2 aromatic rings.